The lowest BCUT2D eigenvalue weighted by Gasteiger charge is -2.36. The molecular weight excluding hydrogens is 521 g/mol. The first-order valence-electron chi connectivity index (χ1n) is 12.9. The van der Waals surface area contributed by atoms with Gasteiger partial charge in [-0.1, -0.05) is 60.1 Å². The number of hydrogen-bond acceptors (Lipinski definition) is 5. The topological polar surface area (TPSA) is 90.7 Å². The molecule has 0 saturated carbocycles. The van der Waals surface area contributed by atoms with Crippen LogP contribution >= 0.6 is 11.6 Å². The molecule has 8 nitrogen and oxygen atoms in total. The van der Waals surface area contributed by atoms with E-state index in [1.807, 2.05) is 53.5 Å². The number of nitrogens with one attached hydrogen (secondary N) is 1. The summed E-state index contributed by atoms with van der Waals surface area (Å²) in [6.07, 6.45) is -1.16. The van der Waals surface area contributed by atoms with Crippen LogP contribution in [0.5, 0.6) is 0 Å². The van der Waals surface area contributed by atoms with Crippen LogP contribution in [0.4, 0.5) is 9.18 Å². The molecule has 1 unspecified atom stereocenters. The standard InChI is InChI=1S/C29H27ClFN5O3/c1-17(35(29(38)39)16-22-20-8-4-2-6-18(20)19-7-3-5-9-21(19)22)27-33-26-24(31)11-10-23(30)25(26)28(37)36(27)34-14-12-32-13-15-34/h2-11,17,22,32H,12-16H2,1H3,(H,38,39). The summed E-state index contributed by atoms with van der Waals surface area (Å²) in [7, 11) is 0. The Labute approximate surface area is 229 Å². The Balaban J connectivity index is 1.49. The number of halogens is 2. The van der Waals surface area contributed by atoms with Gasteiger partial charge < -0.3 is 15.4 Å². The number of benzene rings is 3. The molecule has 1 aliphatic heterocycles. The lowest BCUT2D eigenvalue weighted by atomic mass is 9.96. The van der Waals surface area contributed by atoms with Gasteiger partial charge in [-0.05, 0) is 41.3 Å². The molecule has 2 heterocycles. The minimum atomic E-state index is -1.16. The SMILES string of the molecule is CC(c1nc2c(F)ccc(Cl)c2c(=O)n1N1CCNCC1)N(CC1c2ccccc2-c2ccccc21)C(=O)O. The van der Waals surface area contributed by atoms with Gasteiger partial charge in [0.15, 0.2) is 5.82 Å². The van der Waals surface area contributed by atoms with Crippen LogP contribution in [0.1, 0.15) is 35.8 Å². The molecule has 10 heteroatoms. The Kier molecular flexibility index (Phi) is 6.48. The summed E-state index contributed by atoms with van der Waals surface area (Å²) in [4.78, 5) is 32.5. The number of carboxylic acid groups (broad SMARTS) is 1. The molecule has 0 radical (unpaired) electrons. The minimum Gasteiger partial charge on any atom is -0.465 e. The molecular formula is C29H27ClFN5O3. The number of carbonyl (C=O) groups is 1. The van der Waals surface area contributed by atoms with Gasteiger partial charge in [0.1, 0.15) is 11.3 Å². The Morgan fingerprint density at radius 2 is 1.72 bits per heavy atom. The molecule has 1 saturated heterocycles. The van der Waals surface area contributed by atoms with E-state index in [2.05, 4.69) is 10.3 Å². The van der Waals surface area contributed by atoms with Gasteiger partial charge in [0.2, 0.25) is 0 Å². The number of piperazine rings is 1. The van der Waals surface area contributed by atoms with Gasteiger partial charge in [-0.25, -0.2) is 18.8 Å². The van der Waals surface area contributed by atoms with Gasteiger partial charge in [0.25, 0.3) is 5.56 Å². The van der Waals surface area contributed by atoms with E-state index in [4.69, 9.17) is 11.6 Å². The third-order valence-electron chi connectivity index (χ3n) is 7.73. The van der Waals surface area contributed by atoms with Gasteiger partial charge in [-0.3, -0.25) is 9.69 Å². The molecule has 1 aromatic heterocycles. The van der Waals surface area contributed by atoms with Crippen LogP contribution in [0.25, 0.3) is 22.0 Å². The van der Waals surface area contributed by atoms with Crippen LogP contribution < -0.4 is 15.9 Å². The summed E-state index contributed by atoms with van der Waals surface area (Å²) in [5.41, 5.74) is 3.56. The average Bonchev–Trinajstić information content (AvgIpc) is 3.26. The van der Waals surface area contributed by atoms with Crippen molar-refractivity contribution in [2.24, 2.45) is 0 Å². The van der Waals surface area contributed by atoms with E-state index < -0.39 is 23.5 Å². The van der Waals surface area contributed by atoms with Crippen LogP contribution in [0, 0.1) is 5.82 Å². The zero-order valence-corrected chi connectivity index (χ0v) is 22.0. The maximum atomic E-state index is 15.0. The minimum absolute atomic E-state index is 0.0216. The molecule has 3 aromatic carbocycles. The predicted molar refractivity (Wildman–Crippen MR) is 149 cm³/mol. The summed E-state index contributed by atoms with van der Waals surface area (Å²) in [6, 6.07) is 17.6. The van der Waals surface area contributed by atoms with E-state index in [9.17, 15) is 19.1 Å². The second-order valence-corrected chi connectivity index (χ2v) is 10.3. The third kappa shape index (κ3) is 4.22. The fraction of sp³-hybridized carbons (Fsp3) is 0.276. The highest BCUT2D eigenvalue weighted by Crippen LogP contribution is 2.45. The third-order valence-corrected chi connectivity index (χ3v) is 8.05. The van der Waals surface area contributed by atoms with E-state index in [1.165, 1.54) is 21.7 Å². The van der Waals surface area contributed by atoms with Gasteiger partial charge in [0, 0.05) is 38.6 Å². The van der Waals surface area contributed by atoms with Crippen LogP contribution in [0.15, 0.2) is 65.5 Å². The molecule has 1 amide bonds. The van der Waals surface area contributed by atoms with Crippen LogP contribution in [0.2, 0.25) is 5.02 Å². The second kappa shape index (κ2) is 9.98. The normalized spacial score (nSPS) is 15.7. The first-order valence-corrected chi connectivity index (χ1v) is 13.3. The molecule has 1 atom stereocenters. The van der Waals surface area contributed by atoms with Crippen LogP contribution in [0.3, 0.4) is 0 Å². The molecule has 2 aliphatic rings. The van der Waals surface area contributed by atoms with Crippen molar-refractivity contribution in [3.05, 3.63) is 98.8 Å². The predicted octanol–water partition coefficient (Wildman–Crippen LogP) is 4.58. The molecule has 1 aliphatic carbocycles. The lowest BCUT2D eigenvalue weighted by molar-refractivity contribution is 0.122. The van der Waals surface area contributed by atoms with E-state index in [1.54, 1.807) is 6.92 Å². The van der Waals surface area contributed by atoms with Crippen molar-refractivity contribution in [2.45, 2.75) is 18.9 Å². The van der Waals surface area contributed by atoms with Crippen LogP contribution in [-0.4, -0.2) is 58.5 Å². The zero-order valence-electron chi connectivity index (χ0n) is 21.3. The Morgan fingerprint density at radius 1 is 1.10 bits per heavy atom. The first-order chi connectivity index (χ1) is 18.9. The molecule has 2 N–H and O–H groups in total. The highest BCUT2D eigenvalue weighted by atomic mass is 35.5. The molecule has 6 rings (SSSR count). The van der Waals surface area contributed by atoms with Crippen molar-refractivity contribution in [1.29, 1.82) is 0 Å². The molecule has 0 spiro atoms. The van der Waals surface area contributed by atoms with Crippen molar-refractivity contribution < 1.29 is 14.3 Å². The van der Waals surface area contributed by atoms with Crippen molar-refractivity contribution in [2.75, 3.05) is 37.7 Å². The fourth-order valence-electron chi connectivity index (χ4n) is 5.82. The maximum absolute atomic E-state index is 15.0. The quantitative estimate of drug-likeness (QED) is 0.380. The highest BCUT2D eigenvalue weighted by molar-refractivity contribution is 6.35. The van der Waals surface area contributed by atoms with E-state index in [0.29, 0.717) is 26.2 Å². The summed E-state index contributed by atoms with van der Waals surface area (Å²) >= 11 is 6.34. The number of amides is 1. The van der Waals surface area contributed by atoms with Crippen molar-refractivity contribution >= 4 is 28.6 Å². The second-order valence-electron chi connectivity index (χ2n) is 9.88. The fourth-order valence-corrected chi connectivity index (χ4v) is 6.05. The summed E-state index contributed by atoms with van der Waals surface area (Å²) in [5, 5.41) is 15.6. The molecule has 200 valence electrons. The number of rotatable bonds is 5. The summed E-state index contributed by atoms with van der Waals surface area (Å²) in [5.74, 6) is -0.743. The number of nitrogens with zero attached hydrogens (tertiary/aromatic N) is 4. The molecule has 1 fully saturated rings. The number of hydrogen-bond donors (Lipinski definition) is 2. The summed E-state index contributed by atoms with van der Waals surface area (Å²) < 4.78 is 16.4. The monoisotopic (exact) mass is 547 g/mol. The number of aromatic nitrogens is 2. The smallest absolute Gasteiger partial charge is 0.407 e. The summed E-state index contributed by atoms with van der Waals surface area (Å²) in [6.45, 7) is 4.08. The largest absolute Gasteiger partial charge is 0.465 e. The number of fused-ring (bicyclic) bond motifs is 4. The van der Waals surface area contributed by atoms with Crippen molar-refractivity contribution in [3.63, 3.8) is 0 Å². The van der Waals surface area contributed by atoms with Gasteiger partial charge >= 0.3 is 6.09 Å². The lowest BCUT2D eigenvalue weighted by Crippen LogP contribution is -2.54. The van der Waals surface area contributed by atoms with Crippen molar-refractivity contribution in [1.82, 2.24) is 19.9 Å². The molecule has 39 heavy (non-hydrogen) atoms. The van der Waals surface area contributed by atoms with Gasteiger partial charge in [-0.15, -0.1) is 0 Å². The Hall–Kier alpha value is -3.95. The van der Waals surface area contributed by atoms with Crippen LogP contribution in [-0.2, 0) is 0 Å². The van der Waals surface area contributed by atoms with Gasteiger partial charge in [-0.2, -0.15) is 0 Å². The zero-order chi connectivity index (χ0) is 27.3. The highest BCUT2D eigenvalue weighted by Gasteiger charge is 2.35. The van der Waals surface area contributed by atoms with Gasteiger partial charge in [0.05, 0.1) is 16.5 Å². The van der Waals surface area contributed by atoms with E-state index in [-0.39, 0.29) is 34.2 Å². The maximum Gasteiger partial charge on any atom is 0.407 e. The Bertz CT molecular complexity index is 1610. The molecule has 0 bridgehead atoms. The van der Waals surface area contributed by atoms with E-state index in [0.717, 1.165) is 22.3 Å². The average molecular weight is 548 g/mol. The van der Waals surface area contributed by atoms with E-state index >= 15 is 0 Å². The Morgan fingerprint density at radius 3 is 2.33 bits per heavy atom. The molecule has 4 aromatic rings. The first kappa shape index (κ1) is 25.3. The van der Waals surface area contributed by atoms with Crippen molar-refractivity contribution in [3.8, 4) is 11.1 Å².